The van der Waals surface area contributed by atoms with Gasteiger partial charge < -0.3 is 18.9 Å². The van der Waals surface area contributed by atoms with Gasteiger partial charge in [-0.2, -0.15) is 0 Å². The van der Waals surface area contributed by atoms with Gasteiger partial charge in [-0.1, -0.05) is 44.0 Å². The third kappa shape index (κ3) is 6.63. The van der Waals surface area contributed by atoms with Gasteiger partial charge in [0.25, 0.3) is 0 Å². The Bertz CT molecular complexity index is 797. The smallest absolute Gasteiger partial charge is 0.173 e. The van der Waals surface area contributed by atoms with Gasteiger partial charge in [0.05, 0.1) is 23.9 Å². The van der Waals surface area contributed by atoms with E-state index in [1.807, 2.05) is 12.1 Å². The highest BCUT2D eigenvalue weighted by Crippen LogP contribution is 2.38. The Morgan fingerprint density at radius 3 is 1.43 bits per heavy atom. The van der Waals surface area contributed by atoms with Crippen molar-refractivity contribution in [3.63, 3.8) is 0 Å². The van der Waals surface area contributed by atoms with Crippen LogP contribution in [0.5, 0.6) is 11.5 Å². The molecule has 2 aromatic carbocycles. The molecule has 0 spiro atoms. The maximum Gasteiger partial charge on any atom is 0.173 e. The van der Waals surface area contributed by atoms with Crippen LogP contribution in [0.2, 0.25) is 0 Å². The normalized spacial score (nSPS) is 10.7. The number of alkyl halides is 2. The lowest BCUT2D eigenvalue weighted by Gasteiger charge is -2.17. The van der Waals surface area contributed by atoms with Gasteiger partial charge in [-0.25, -0.2) is 0 Å². The van der Waals surface area contributed by atoms with Crippen LogP contribution >= 0.6 is 31.9 Å². The van der Waals surface area contributed by atoms with Crippen LogP contribution in [-0.4, -0.2) is 62.9 Å². The van der Waals surface area contributed by atoms with Crippen molar-refractivity contribution in [1.82, 2.24) is 0 Å². The van der Waals surface area contributed by atoms with Crippen molar-refractivity contribution >= 4 is 43.4 Å². The van der Waals surface area contributed by atoms with Crippen LogP contribution in [-0.2, 0) is 9.47 Å². The summed E-state index contributed by atoms with van der Waals surface area (Å²) in [5.41, 5.74) is 2.58. The van der Waals surface area contributed by atoms with E-state index in [4.69, 9.17) is 18.9 Å². The zero-order chi connectivity index (χ0) is 21.9. The molecule has 0 aromatic heterocycles. The average molecular weight is 544 g/mol. The topological polar surface area (TPSA) is 71.1 Å². The molecule has 0 aliphatic carbocycles. The van der Waals surface area contributed by atoms with Crippen molar-refractivity contribution in [3.05, 3.63) is 47.5 Å². The lowest BCUT2D eigenvalue weighted by Crippen LogP contribution is -2.09. The fourth-order valence-electron chi connectivity index (χ4n) is 2.70. The number of ether oxygens (including phenoxy) is 4. The van der Waals surface area contributed by atoms with E-state index in [2.05, 4.69) is 31.9 Å². The highest BCUT2D eigenvalue weighted by atomic mass is 79.9. The number of hydrogen-bond donors (Lipinski definition) is 0. The second-order valence-electron chi connectivity index (χ2n) is 6.22. The number of hydrogen-bond acceptors (Lipinski definition) is 6. The summed E-state index contributed by atoms with van der Waals surface area (Å²) in [5, 5.41) is 0.442. The van der Waals surface area contributed by atoms with E-state index < -0.39 is 0 Å². The van der Waals surface area contributed by atoms with E-state index >= 15 is 0 Å². The Balaban J connectivity index is 2.52. The Morgan fingerprint density at radius 1 is 0.700 bits per heavy atom. The van der Waals surface area contributed by atoms with Gasteiger partial charge in [0.1, 0.15) is 24.7 Å². The lowest BCUT2D eigenvalue weighted by atomic mass is 9.98. The van der Waals surface area contributed by atoms with Crippen LogP contribution in [0, 0.1) is 0 Å². The number of benzene rings is 2. The molecule has 2 rings (SSSR count). The maximum absolute atomic E-state index is 12.1. The van der Waals surface area contributed by atoms with Gasteiger partial charge >= 0.3 is 0 Å². The first kappa shape index (κ1) is 24.5. The fraction of sp³-hybridized carbons (Fsp3) is 0.364. The minimum atomic E-state index is -0.0482. The van der Waals surface area contributed by atoms with Crippen molar-refractivity contribution < 1.29 is 28.5 Å². The number of carbonyl (C=O) groups is 2. The molecule has 30 heavy (non-hydrogen) atoms. The summed E-state index contributed by atoms with van der Waals surface area (Å²) < 4.78 is 21.9. The third-order valence-corrected chi connectivity index (χ3v) is 5.25. The zero-order valence-electron chi connectivity index (χ0n) is 16.9. The molecule has 8 heteroatoms. The highest BCUT2D eigenvalue weighted by Gasteiger charge is 2.17. The Kier molecular flexibility index (Phi) is 10.5. The summed E-state index contributed by atoms with van der Waals surface area (Å²) in [6.07, 6.45) is 0. The predicted molar refractivity (Wildman–Crippen MR) is 123 cm³/mol. The van der Waals surface area contributed by atoms with E-state index in [9.17, 15) is 9.59 Å². The fourth-order valence-corrected chi connectivity index (χ4v) is 3.35. The molecule has 0 amide bonds. The zero-order valence-corrected chi connectivity index (χ0v) is 20.1. The molecule has 0 atom stereocenters. The number of carbonyl (C=O) groups excluding carboxylic acids is 2. The number of ketones is 2. The van der Waals surface area contributed by atoms with Crippen molar-refractivity contribution in [1.29, 1.82) is 0 Å². The first-order chi connectivity index (χ1) is 14.5. The second kappa shape index (κ2) is 12.8. The molecule has 0 N–H and O–H groups in total. The molecule has 0 aliphatic rings. The Morgan fingerprint density at radius 2 is 1.10 bits per heavy atom. The van der Waals surface area contributed by atoms with Gasteiger partial charge in [0, 0.05) is 36.5 Å². The lowest BCUT2D eigenvalue weighted by molar-refractivity contribution is 0.101. The van der Waals surface area contributed by atoms with Gasteiger partial charge in [-0.05, 0) is 24.3 Å². The van der Waals surface area contributed by atoms with Gasteiger partial charge in [-0.3, -0.25) is 9.59 Å². The summed E-state index contributed by atoms with van der Waals surface area (Å²) in [6.45, 7) is 1.48. The number of Topliss-reactive ketones (excluding diaryl/α,β-unsaturated/α-hetero) is 2. The second-order valence-corrected chi connectivity index (χ2v) is 7.34. The maximum atomic E-state index is 12.1. The molecule has 0 fully saturated rings. The molecule has 0 unspecified atom stereocenters. The van der Waals surface area contributed by atoms with E-state index in [1.54, 1.807) is 38.5 Å². The van der Waals surface area contributed by atoms with Crippen molar-refractivity contribution in [3.8, 4) is 22.6 Å². The number of methoxy groups -OCH3 is 2. The molecule has 162 valence electrons. The van der Waals surface area contributed by atoms with Crippen LogP contribution < -0.4 is 9.47 Å². The largest absolute Gasteiger partial charge is 0.491 e. The van der Waals surface area contributed by atoms with E-state index in [1.165, 1.54) is 0 Å². The number of rotatable bonds is 13. The summed E-state index contributed by atoms with van der Waals surface area (Å²) in [7, 11) is 3.19. The molecule has 0 bridgehead atoms. The molecular weight excluding hydrogens is 520 g/mol. The van der Waals surface area contributed by atoms with Crippen LogP contribution in [0.25, 0.3) is 11.1 Å². The van der Waals surface area contributed by atoms with Crippen molar-refractivity contribution in [2.45, 2.75) is 0 Å². The first-order valence-electron chi connectivity index (χ1n) is 9.26. The molecule has 0 saturated carbocycles. The highest BCUT2D eigenvalue weighted by molar-refractivity contribution is 9.09. The molecule has 0 aliphatic heterocycles. The van der Waals surface area contributed by atoms with Gasteiger partial charge in [0.2, 0.25) is 0 Å². The Hall–Kier alpha value is -1.74. The van der Waals surface area contributed by atoms with Gasteiger partial charge in [0.15, 0.2) is 11.6 Å². The predicted octanol–water partition coefficient (Wildman–Crippen LogP) is 4.56. The Labute approximate surface area is 193 Å². The third-order valence-electron chi connectivity index (χ3n) is 4.23. The van der Waals surface area contributed by atoms with E-state index in [0.29, 0.717) is 49.1 Å². The van der Waals surface area contributed by atoms with Gasteiger partial charge in [-0.15, -0.1) is 0 Å². The summed E-state index contributed by atoms with van der Waals surface area (Å²) in [6, 6.07) is 10.6. The van der Waals surface area contributed by atoms with Crippen molar-refractivity contribution in [2.75, 3.05) is 51.3 Å². The quantitative estimate of drug-likeness (QED) is 0.209. The standard InChI is InChI=1S/C22H24Br2O6/c1-27-7-9-29-21-11-15(19(25)13-23)3-5-17(21)18-6-4-16(20(26)14-24)12-22(18)30-10-8-28-2/h3-6,11-12H,7-10,13-14H2,1-2H3. The summed E-state index contributed by atoms with van der Waals surface area (Å²) in [4.78, 5) is 24.3. The molecule has 0 heterocycles. The SMILES string of the molecule is COCCOc1cc(C(=O)CBr)ccc1-c1ccc(C(=O)CBr)cc1OCCOC. The number of halogens is 2. The average Bonchev–Trinajstić information content (AvgIpc) is 2.78. The van der Waals surface area contributed by atoms with Crippen molar-refractivity contribution in [2.24, 2.45) is 0 Å². The monoisotopic (exact) mass is 542 g/mol. The van der Waals surface area contributed by atoms with Crippen LogP contribution in [0.3, 0.4) is 0 Å². The summed E-state index contributed by atoms with van der Waals surface area (Å²) >= 11 is 6.40. The van der Waals surface area contributed by atoms with Crippen LogP contribution in [0.4, 0.5) is 0 Å². The van der Waals surface area contributed by atoms with E-state index in [0.717, 1.165) is 11.1 Å². The molecule has 6 nitrogen and oxygen atoms in total. The molecular formula is C22H24Br2O6. The molecule has 0 radical (unpaired) electrons. The first-order valence-corrected chi connectivity index (χ1v) is 11.5. The van der Waals surface area contributed by atoms with Crippen LogP contribution in [0.15, 0.2) is 36.4 Å². The summed E-state index contributed by atoms with van der Waals surface area (Å²) in [5.74, 6) is 0.978. The van der Waals surface area contributed by atoms with Crippen LogP contribution in [0.1, 0.15) is 20.7 Å². The molecule has 0 saturated heterocycles. The van der Waals surface area contributed by atoms with E-state index in [-0.39, 0.29) is 22.2 Å². The minimum Gasteiger partial charge on any atom is -0.491 e. The minimum absolute atomic E-state index is 0.0482. The molecule has 2 aromatic rings.